The second-order valence-electron chi connectivity index (χ2n) is 12.7. The molecule has 0 aromatic carbocycles. The lowest BCUT2D eigenvalue weighted by molar-refractivity contribution is 0.0405. The van der Waals surface area contributed by atoms with Crippen LogP contribution in [0.15, 0.2) is 0 Å². The van der Waals surface area contributed by atoms with Crippen molar-refractivity contribution in [2.75, 3.05) is 0 Å². The van der Waals surface area contributed by atoms with Crippen LogP contribution in [0.3, 0.4) is 0 Å². The first-order chi connectivity index (χ1) is 12.9. The monoisotopic (exact) mass is 372 g/mol. The van der Waals surface area contributed by atoms with Gasteiger partial charge in [-0.2, -0.15) is 0 Å². The van der Waals surface area contributed by atoms with Crippen LogP contribution in [0.1, 0.15) is 130 Å². The molecule has 27 heavy (non-hydrogen) atoms. The van der Waals surface area contributed by atoms with E-state index in [0.29, 0.717) is 16.2 Å². The van der Waals surface area contributed by atoms with Crippen molar-refractivity contribution in [2.45, 2.75) is 130 Å². The van der Waals surface area contributed by atoms with Gasteiger partial charge in [0.25, 0.3) is 0 Å². The first-order valence-corrected chi connectivity index (χ1v) is 12.9. The fourth-order valence-electron chi connectivity index (χ4n) is 9.36. The zero-order chi connectivity index (χ0) is 19.1. The maximum Gasteiger partial charge on any atom is -0.0261 e. The lowest BCUT2D eigenvalue weighted by atomic mass is 9.59. The van der Waals surface area contributed by atoms with Gasteiger partial charge in [-0.1, -0.05) is 79.1 Å². The predicted octanol–water partition coefficient (Wildman–Crippen LogP) is 8.79. The summed E-state index contributed by atoms with van der Waals surface area (Å²) >= 11 is 0. The Morgan fingerprint density at radius 3 is 1.81 bits per heavy atom. The minimum atomic E-state index is 0.551. The van der Waals surface area contributed by atoms with Crippen LogP contribution in [0.2, 0.25) is 0 Å². The smallest absolute Gasteiger partial charge is 0.0261 e. The molecule has 4 unspecified atom stereocenters. The van der Waals surface area contributed by atoms with Crippen molar-refractivity contribution >= 4 is 0 Å². The van der Waals surface area contributed by atoms with Gasteiger partial charge in [-0.3, -0.25) is 0 Å². The van der Waals surface area contributed by atoms with E-state index >= 15 is 0 Å². The SMILES string of the molecule is CC(C)(CC1(C)CC(C)(C2CCCCC2)C2CCCCC21)C1CCCCC1. The molecule has 0 amide bonds. The highest BCUT2D eigenvalue weighted by Crippen LogP contribution is 2.68. The summed E-state index contributed by atoms with van der Waals surface area (Å²) < 4.78 is 0. The van der Waals surface area contributed by atoms with Gasteiger partial charge in [-0.15, -0.1) is 0 Å². The number of fused-ring (bicyclic) bond motifs is 1. The molecule has 0 heteroatoms. The van der Waals surface area contributed by atoms with E-state index in [1.54, 1.807) is 32.1 Å². The molecule has 0 bridgehead atoms. The average molecular weight is 373 g/mol. The van der Waals surface area contributed by atoms with Crippen LogP contribution < -0.4 is 0 Å². The van der Waals surface area contributed by atoms with Gasteiger partial charge >= 0.3 is 0 Å². The van der Waals surface area contributed by atoms with Gasteiger partial charge in [0, 0.05) is 0 Å². The molecule has 4 saturated carbocycles. The Morgan fingerprint density at radius 2 is 1.19 bits per heavy atom. The van der Waals surface area contributed by atoms with Crippen molar-refractivity contribution in [1.29, 1.82) is 0 Å². The summed E-state index contributed by atoms with van der Waals surface area (Å²) in [5.74, 6) is 4.10. The molecule has 0 aromatic heterocycles. The second kappa shape index (κ2) is 7.68. The van der Waals surface area contributed by atoms with Crippen LogP contribution in [-0.2, 0) is 0 Å². The third-order valence-electron chi connectivity index (χ3n) is 10.4. The van der Waals surface area contributed by atoms with Gasteiger partial charge < -0.3 is 0 Å². The third-order valence-corrected chi connectivity index (χ3v) is 10.4. The van der Waals surface area contributed by atoms with Gasteiger partial charge in [-0.25, -0.2) is 0 Å². The maximum absolute atomic E-state index is 2.77. The number of rotatable bonds is 4. The molecule has 0 saturated heterocycles. The highest BCUT2D eigenvalue weighted by molar-refractivity contribution is 5.09. The first kappa shape index (κ1) is 20.3. The summed E-state index contributed by atoms with van der Waals surface area (Å²) in [6.45, 7) is 10.8. The molecule has 0 aromatic rings. The Bertz CT molecular complexity index is 492. The van der Waals surface area contributed by atoms with Crippen molar-refractivity contribution in [3.63, 3.8) is 0 Å². The Labute approximate surface area is 170 Å². The summed E-state index contributed by atoms with van der Waals surface area (Å²) in [5.41, 5.74) is 1.82. The molecule has 4 atom stereocenters. The third kappa shape index (κ3) is 3.77. The summed E-state index contributed by atoms with van der Waals surface area (Å²) in [7, 11) is 0. The van der Waals surface area contributed by atoms with Crippen molar-refractivity contribution in [3.8, 4) is 0 Å². The van der Waals surface area contributed by atoms with Crippen molar-refractivity contribution in [1.82, 2.24) is 0 Å². The molecule has 4 aliphatic carbocycles. The van der Waals surface area contributed by atoms with Gasteiger partial charge in [0.1, 0.15) is 0 Å². The van der Waals surface area contributed by atoms with Crippen LogP contribution in [0.25, 0.3) is 0 Å². The van der Waals surface area contributed by atoms with E-state index in [1.807, 2.05) is 0 Å². The summed E-state index contributed by atoms with van der Waals surface area (Å²) in [6, 6.07) is 0. The van der Waals surface area contributed by atoms with E-state index in [1.165, 1.54) is 70.6 Å². The van der Waals surface area contributed by atoms with Crippen LogP contribution >= 0.6 is 0 Å². The molecule has 4 fully saturated rings. The van der Waals surface area contributed by atoms with E-state index in [0.717, 1.165) is 23.7 Å². The maximum atomic E-state index is 2.77. The van der Waals surface area contributed by atoms with Crippen molar-refractivity contribution in [3.05, 3.63) is 0 Å². The summed E-state index contributed by atoms with van der Waals surface area (Å²) in [6.07, 6.45) is 24.3. The highest BCUT2D eigenvalue weighted by Gasteiger charge is 2.60. The molecular formula is C27H48. The normalized spacial score (nSPS) is 42.2. The lowest BCUT2D eigenvalue weighted by Gasteiger charge is -2.46. The minimum Gasteiger partial charge on any atom is -0.0596 e. The average Bonchev–Trinajstić information content (AvgIpc) is 2.91. The highest BCUT2D eigenvalue weighted by atomic mass is 14.6. The fourth-order valence-corrected chi connectivity index (χ4v) is 9.36. The van der Waals surface area contributed by atoms with Crippen LogP contribution in [-0.4, -0.2) is 0 Å². The number of hydrogen-bond acceptors (Lipinski definition) is 0. The molecule has 4 aliphatic rings. The standard InChI is InChI=1S/C27H48/c1-25(2,21-13-7-5-8-14-21)19-26(3)20-27(4,22-15-9-6-10-16-22)24-18-12-11-17-23(24)26/h21-24H,5-20H2,1-4H3. The van der Waals surface area contributed by atoms with E-state index in [9.17, 15) is 0 Å². The zero-order valence-corrected chi connectivity index (χ0v) is 19.1. The Hall–Kier alpha value is 0. The topological polar surface area (TPSA) is 0 Å². The number of hydrogen-bond donors (Lipinski definition) is 0. The minimum absolute atomic E-state index is 0.551. The van der Waals surface area contributed by atoms with E-state index in [2.05, 4.69) is 27.7 Å². The Morgan fingerprint density at radius 1 is 0.667 bits per heavy atom. The van der Waals surface area contributed by atoms with Gasteiger partial charge in [-0.05, 0) is 91.3 Å². The first-order valence-electron chi connectivity index (χ1n) is 12.9. The van der Waals surface area contributed by atoms with Crippen LogP contribution in [0, 0.1) is 39.9 Å². The molecule has 0 spiro atoms. The van der Waals surface area contributed by atoms with Gasteiger partial charge in [0.2, 0.25) is 0 Å². The van der Waals surface area contributed by atoms with E-state index < -0.39 is 0 Å². The van der Waals surface area contributed by atoms with Crippen molar-refractivity contribution in [2.24, 2.45) is 39.9 Å². The van der Waals surface area contributed by atoms with Crippen LogP contribution in [0.4, 0.5) is 0 Å². The predicted molar refractivity (Wildman–Crippen MR) is 118 cm³/mol. The quantitative estimate of drug-likeness (QED) is 0.462. The molecule has 0 aliphatic heterocycles. The zero-order valence-electron chi connectivity index (χ0n) is 19.1. The summed E-state index contributed by atoms with van der Waals surface area (Å²) in [4.78, 5) is 0. The lowest BCUT2D eigenvalue weighted by Crippen LogP contribution is -2.37. The molecular weight excluding hydrogens is 324 g/mol. The van der Waals surface area contributed by atoms with Crippen molar-refractivity contribution < 1.29 is 0 Å². The van der Waals surface area contributed by atoms with E-state index in [4.69, 9.17) is 0 Å². The molecule has 156 valence electrons. The molecule has 0 heterocycles. The van der Waals surface area contributed by atoms with Crippen LogP contribution in [0.5, 0.6) is 0 Å². The fraction of sp³-hybridized carbons (Fsp3) is 1.00. The Balaban J connectivity index is 1.57. The van der Waals surface area contributed by atoms with Gasteiger partial charge in [0.15, 0.2) is 0 Å². The Kier molecular flexibility index (Phi) is 5.77. The molecule has 0 radical (unpaired) electrons. The van der Waals surface area contributed by atoms with Gasteiger partial charge in [0.05, 0.1) is 0 Å². The second-order valence-corrected chi connectivity index (χ2v) is 12.7. The summed E-state index contributed by atoms with van der Waals surface area (Å²) in [5, 5.41) is 0. The van der Waals surface area contributed by atoms with E-state index in [-0.39, 0.29) is 0 Å². The molecule has 0 nitrogen and oxygen atoms in total. The largest absolute Gasteiger partial charge is 0.0596 e. The molecule has 4 rings (SSSR count). The molecule has 0 N–H and O–H groups in total.